The average molecular weight is 437 g/mol. The summed E-state index contributed by atoms with van der Waals surface area (Å²) in [5.41, 5.74) is 2.39. The molecule has 162 valence electrons. The number of aryl methyl sites for hydroxylation is 1. The first-order valence-corrected chi connectivity index (χ1v) is 11.2. The van der Waals surface area contributed by atoms with Gasteiger partial charge in [-0.3, -0.25) is 4.18 Å². The van der Waals surface area contributed by atoms with Crippen molar-refractivity contribution in [3.05, 3.63) is 47.5 Å². The molecule has 2 aliphatic rings. The summed E-state index contributed by atoms with van der Waals surface area (Å²) >= 11 is 0. The Bertz CT molecular complexity index is 1020. The first-order chi connectivity index (χ1) is 14.3. The third-order valence-electron chi connectivity index (χ3n) is 5.68. The van der Waals surface area contributed by atoms with Crippen LogP contribution in [0.2, 0.25) is 0 Å². The maximum Gasteiger partial charge on any atom is 0.333 e. The van der Waals surface area contributed by atoms with Gasteiger partial charge in [0, 0.05) is 12.0 Å². The topological polar surface area (TPSA) is 139 Å². The Morgan fingerprint density at radius 1 is 1.20 bits per heavy atom. The van der Waals surface area contributed by atoms with Crippen LogP contribution in [0.5, 0.6) is 0 Å². The molecule has 0 radical (unpaired) electrons. The summed E-state index contributed by atoms with van der Waals surface area (Å²) in [6.07, 6.45) is 2.96. The highest BCUT2D eigenvalue weighted by atomic mass is 32.2. The zero-order valence-electron chi connectivity index (χ0n) is 16.2. The molecule has 1 saturated carbocycles. The Labute approximate surface area is 174 Å². The van der Waals surface area contributed by atoms with Crippen molar-refractivity contribution in [3.63, 3.8) is 0 Å². The molecule has 0 aliphatic heterocycles. The van der Waals surface area contributed by atoms with E-state index in [4.69, 9.17) is 5.14 Å². The highest BCUT2D eigenvalue weighted by Crippen LogP contribution is 2.35. The largest absolute Gasteiger partial charge is 0.393 e. The molecule has 1 heterocycles. The monoisotopic (exact) mass is 437 g/mol. The molecule has 1 fully saturated rings. The quantitative estimate of drug-likeness (QED) is 0.511. The van der Waals surface area contributed by atoms with Crippen LogP contribution < -0.4 is 15.8 Å². The zero-order valence-corrected chi connectivity index (χ0v) is 17.0. The number of fused-ring (bicyclic) bond motifs is 1. The second kappa shape index (κ2) is 8.42. The number of hydrogen-bond donors (Lipinski definition) is 4. The minimum Gasteiger partial charge on any atom is -0.393 e. The van der Waals surface area contributed by atoms with Gasteiger partial charge in [-0.1, -0.05) is 24.3 Å². The van der Waals surface area contributed by atoms with E-state index in [0.29, 0.717) is 12.8 Å². The van der Waals surface area contributed by atoms with Crippen molar-refractivity contribution in [2.45, 2.75) is 43.9 Å². The molecule has 11 heteroatoms. The number of aromatic nitrogens is 2. The van der Waals surface area contributed by atoms with Gasteiger partial charge in [0.05, 0.1) is 18.8 Å². The second-order valence-electron chi connectivity index (χ2n) is 7.74. The molecule has 1 aromatic carbocycles. The fourth-order valence-electron chi connectivity index (χ4n) is 4.22. The van der Waals surface area contributed by atoms with Crippen LogP contribution in [0.1, 0.15) is 36.4 Å². The van der Waals surface area contributed by atoms with Crippen LogP contribution in [-0.2, 0) is 20.9 Å². The smallest absolute Gasteiger partial charge is 0.333 e. The summed E-state index contributed by atoms with van der Waals surface area (Å²) in [6, 6.07) is 7.74. The summed E-state index contributed by atoms with van der Waals surface area (Å²) in [5, 5.41) is 21.1. The molecule has 4 rings (SSSR count). The van der Waals surface area contributed by atoms with Gasteiger partial charge in [0.2, 0.25) is 5.82 Å². The number of benzene rings is 1. The average Bonchev–Trinajstić information content (AvgIpc) is 3.26. The number of nitrogens with zero attached hydrogens (tertiary/aromatic N) is 2. The molecular formula is C19H24FN5O4S. The molecule has 0 bridgehead atoms. The van der Waals surface area contributed by atoms with Gasteiger partial charge >= 0.3 is 10.3 Å². The van der Waals surface area contributed by atoms with Gasteiger partial charge in [0.1, 0.15) is 6.33 Å². The SMILES string of the molecule is NS(=O)(=O)OC[C@@H]1C[C@@H](Nc2ncnc(N[C@H]3CCc4ccccc43)c2F)C[C@@H]1O. The summed E-state index contributed by atoms with van der Waals surface area (Å²) in [4.78, 5) is 8.04. The third-order valence-corrected chi connectivity index (χ3v) is 6.14. The molecule has 1 aromatic heterocycles. The van der Waals surface area contributed by atoms with E-state index in [1.165, 1.54) is 11.9 Å². The lowest BCUT2D eigenvalue weighted by Gasteiger charge is -2.18. The van der Waals surface area contributed by atoms with E-state index in [1.807, 2.05) is 18.2 Å². The Morgan fingerprint density at radius 3 is 2.70 bits per heavy atom. The van der Waals surface area contributed by atoms with Gasteiger partial charge in [0.25, 0.3) is 0 Å². The van der Waals surface area contributed by atoms with Crippen molar-refractivity contribution in [2.24, 2.45) is 11.1 Å². The lowest BCUT2D eigenvalue weighted by molar-refractivity contribution is 0.101. The molecule has 2 aromatic rings. The summed E-state index contributed by atoms with van der Waals surface area (Å²) < 4.78 is 41.5. The Kier molecular flexibility index (Phi) is 5.87. The third kappa shape index (κ3) is 4.69. The number of nitrogens with one attached hydrogen (secondary N) is 2. The van der Waals surface area contributed by atoms with E-state index in [9.17, 15) is 13.5 Å². The minimum atomic E-state index is -4.08. The summed E-state index contributed by atoms with van der Waals surface area (Å²) in [6.45, 7) is -0.224. The van der Waals surface area contributed by atoms with Crippen molar-refractivity contribution in [1.29, 1.82) is 0 Å². The first-order valence-electron chi connectivity index (χ1n) is 9.76. The van der Waals surface area contributed by atoms with Crippen LogP contribution in [0.15, 0.2) is 30.6 Å². The molecule has 9 nitrogen and oxygen atoms in total. The van der Waals surface area contributed by atoms with E-state index in [0.717, 1.165) is 18.4 Å². The van der Waals surface area contributed by atoms with Gasteiger partial charge in [-0.05, 0) is 36.8 Å². The van der Waals surface area contributed by atoms with Crippen LogP contribution >= 0.6 is 0 Å². The highest BCUT2D eigenvalue weighted by Gasteiger charge is 2.35. The summed E-state index contributed by atoms with van der Waals surface area (Å²) in [7, 11) is -4.08. The standard InChI is InChI=1S/C19H24FN5O4S/c20-17-18(24-13-7-12(16(26)8-13)9-29-30(21,27)28)22-10-23-19(17)25-15-6-5-11-3-1-2-4-14(11)15/h1-4,10,12-13,15-16,26H,5-9H2,(H2,21,27,28)(H2,22,23,24,25)/t12-,13+,15-,16-/m0/s1. The van der Waals surface area contributed by atoms with Crippen LogP contribution in [-0.4, -0.2) is 42.2 Å². The molecule has 2 aliphatic carbocycles. The zero-order chi connectivity index (χ0) is 21.3. The van der Waals surface area contributed by atoms with Gasteiger partial charge in [-0.25, -0.2) is 15.1 Å². The number of anilines is 2. The van der Waals surface area contributed by atoms with Crippen LogP contribution in [0, 0.1) is 11.7 Å². The number of aliphatic hydroxyl groups excluding tert-OH is 1. The predicted molar refractivity (Wildman–Crippen MR) is 108 cm³/mol. The fraction of sp³-hybridized carbons (Fsp3) is 0.474. The lowest BCUT2D eigenvalue weighted by atomic mass is 10.1. The van der Waals surface area contributed by atoms with Crippen molar-refractivity contribution < 1.29 is 22.1 Å². The van der Waals surface area contributed by atoms with Crippen molar-refractivity contribution in [2.75, 3.05) is 17.2 Å². The van der Waals surface area contributed by atoms with E-state index in [-0.39, 0.29) is 30.3 Å². The van der Waals surface area contributed by atoms with Crippen molar-refractivity contribution >= 4 is 21.9 Å². The van der Waals surface area contributed by atoms with Crippen LogP contribution in [0.25, 0.3) is 0 Å². The number of halogens is 1. The van der Waals surface area contributed by atoms with Gasteiger partial charge in [-0.15, -0.1) is 0 Å². The number of nitrogens with two attached hydrogens (primary N) is 1. The minimum absolute atomic E-state index is 0.0218. The lowest BCUT2D eigenvalue weighted by Crippen LogP contribution is -2.24. The first kappa shape index (κ1) is 20.9. The van der Waals surface area contributed by atoms with E-state index in [2.05, 4.69) is 30.9 Å². The maximum absolute atomic E-state index is 15.0. The molecule has 5 N–H and O–H groups in total. The van der Waals surface area contributed by atoms with Gasteiger partial charge in [0.15, 0.2) is 11.6 Å². The molecule has 0 amide bonds. The van der Waals surface area contributed by atoms with Gasteiger partial charge in [-0.2, -0.15) is 12.8 Å². The van der Waals surface area contributed by atoms with E-state index in [1.54, 1.807) is 0 Å². The van der Waals surface area contributed by atoms with E-state index < -0.39 is 28.1 Å². The number of rotatable bonds is 7. The van der Waals surface area contributed by atoms with Crippen molar-refractivity contribution in [1.82, 2.24) is 9.97 Å². The molecular weight excluding hydrogens is 413 g/mol. The molecule has 0 spiro atoms. The predicted octanol–water partition coefficient (Wildman–Crippen LogP) is 1.49. The second-order valence-corrected chi connectivity index (χ2v) is 8.96. The molecule has 4 atom stereocenters. The summed E-state index contributed by atoms with van der Waals surface area (Å²) in [5.74, 6) is -0.884. The fourth-order valence-corrected chi connectivity index (χ4v) is 4.58. The highest BCUT2D eigenvalue weighted by molar-refractivity contribution is 7.84. The Balaban J connectivity index is 1.41. The Hall–Kier alpha value is -2.34. The van der Waals surface area contributed by atoms with Crippen LogP contribution in [0.4, 0.5) is 16.0 Å². The molecule has 30 heavy (non-hydrogen) atoms. The maximum atomic E-state index is 15.0. The van der Waals surface area contributed by atoms with Gasteiger partial charge < -0.3 is 15.7 Å². The molecule has 0 saturated heterocycles. The van der Waals surface area contributed by atoms with E-state index >= 15 is 4.39 Å². The number of aliphatic hydroxyl groups is 1. The van der Waals surface area contributed by atoms with Crippen molar-refractivity contribution in [3.8, 4) is 0 Å². The van der Waals surface area contributed by atoms with Crippen LogP contribution in [0.3, 0.4) is 0 Å². The number of hydrogen-bond acceptors (Lipinski definition) is 8. The Morgan fingerprint density at radius 2 is 1.93 bits per heavy atom. The normalized spacial score (nSPS) is 25.8. The molecule has 0 unspecified atom stereocenters.